The summed E-state index contributed by atoms with van der Waals surface area (Å²) in [5.41, 5.74) is 2.79. The van der Waals surface area contributed by atoms with Crippen LogP contribution in [0.5, 0.6) is 5.75 Å². The molecule has 0 saturated heterocycles. The second-order valence-corrected chi connectivity index (χ2v) is 4.75. The molecule has 0 unspecified atom stereocenters. The quantitative estimate of drug-likeness (QED) is 0.721. The Kier molecular flexibility index (Phi) is 5.49. The molecule has 0 aromatic heterocycles. The summed E-state index contributed by atoms with van der Waals surface area (Å²) in [6, 6.07) is 6.62. The molecule has 0 spiro atoms. The molecule has 100 valence electrons. The lowest BCUT2D eigenvalue weighted by atomic mass is 10.0. The number of hydrogen-bond donors (Lipinski definition) is 2. The van der Waals surface area contributed by atoms with E-state index in [4.69, 9.17) is 4.74 Å². The van der Waals surface area contributed by atoms with Crippen LogP contribution in [0.1, 0.15) is 24.5 Å². The lowest BCUT2D eigenvalue weighted by Gasteiger charge is -2.17. The molecule has 1 aliphatic heterocycles. The molecule has 2 N–H and O–H groups in total. The van der Waals surface area contributed by atoms with Gasteiger partial charge in [0.05, 0.1) is 6.61 Å². The maximum absolute atomic E-state index is 5.62. The second kappa shape index (κ2) is 7.39. The van der Waals surface area contributed by atoms with Crippen molar-refractivity contribution in [3.63, 3.8) is 0 Å². The van der Waals surface area contributed by atoms with Crippen LogP contribution >= 0.6 is 0 Å². The van der Waals surface area contributed by atoms with E-state index in [1.54, 1.807) is 0 Å². The Morgan fingerprint density at radius 3 is 2.94 bits per heavy atom. The summed E-state index contributed by atoms with van der Waals surface area (Å²) in [5, 5.41) is 6.76. The maximum Gasteiger partial charge on any atom is 0.122 e. The van der Waals surface area contributed by atoms with Gasteiger partial charge in [0.2, 0.25) is 0 Å². The molecule has 0 aliphatic carbocycles. The predicted molar refractivity (Wildman–Crippen MR) is 75.4 cm³/mol. The van der Waals surface area contributed by atoms with Crippen molar-refractivity contribution in [2.75, 3.05) is 32.8 Å². The van der Waals surface area contributed by atoms with Crippen LogP contribution < -0.4 is 15.4 Å². The average Bonchev–Trinajstić information content (AvgIpc) is 2.42. The molecule has 1 aliphatic rings. The van der Waals surface area contributed by atoms with Crippen molar-refractivity contribution in [2.45, 2.75) is 26.2 Å². The Bertz CT molecular complexity index is 366. The van der Waals surface area contributed by atoms with Crippen LogP contribution in [-0.4, -0.2) is 32.8 Å². The van der Waals surface area contributed by atoms with Gasteiger partial charge in [-0.25, -0.2) is 0 Å². The Labute approximate surface area is 110 Å². The highest BCUT2D eigenvalue weighted by atomic mass is 16.5. The Morgan fingerprint density at radius 1 is 1.17 bits per heavy atom. The van der Waals surface area contributed by atoms with E-state index >= 15 is 0 Å². The fourth-order valence-electron chi connectivity index (χ4n) is 2.28. The summed E-state index contributed by atoms with van der Waals surface area (Å²) in [4.78, 5) is 0. The third-order valence-electron chi connectivity index (χ3n) is 3.29. The molecule has 1 aromatic rings. The maximum atomic E-state index is 5.62. The Morgan fingerprint density at radius 2 is 2.06 bits per heavy atom. The van der Waals surface area contributed by atoms with Crippen molar-refractivity contribution in [1.82, 2.24) is 10.6 Å². The van der Waals surface area contributed by atoms with Crippen LogP contribution in [0.25, 0.3) is 0 Å². The van der Waals surface area contributed by atoms with Gasteiger partial charge in [0, 0.05) is 13.1 Å². The summed E-state index contributed by atoms with van der Waals surface area (Å²) in [7, 11) is 0. The van der Waals surface area contributed by atoms with Gasteiger partial charge in [-0.15, -0.1) is 0 Å². The molecule has 0 saturated carbocycles. The molecule has 3 nitrogen and oxygen atoms in total. The van der Waals surface area contributed by atoms with E-state index in [0.717, 1.165) is 57.8 Å². The van der Waals surface area contributed by atoms with Crippen molar-refractivity contribution in [3.8, 4) is 5.75 Å². The molecule has 1 aromatic carbocycles. The van der Waals surface area contributed by atoms with E-state index < -0.39 is 0 Å². The summed E-state index contributed by atoms with van der Waals surface area (Å²) in [6.45, 7) is 7.20. The molecule has 0 amide bonds. The highest BCUT2D eigenvalue weighted by molar-refractivity contribution is 5.38. The highest BCUT2D eigenvalue weighted by Crippen LogP contribution is 2.25. The van der Waals surface area contributed by atoms with Gasteiger partial charge in [0.25, 0.3) is 0 Å². The molecule has 18 heavy (non-hydrogen) atoms. The Balaban J connectivity index is 1.72. The number of nitrogens with one attached hydrogen (secondary N) is 2. The normalized spacial score (nSPS) is 14.1. The van der Waals surface area contributed by atoms with Crippen LogP contribution in [0.4, 0.5) is 0 Å². The van der Waals surface area contributed by atoms with Crippen LogP contribution in [0.15, 0.2) is 18.2 Å². The summed E-state index contributed by atoms with van der Waals surface area (Å²) in [6.07, 6.45) is 3.41. The van der Waals surface area contributed by atoms with E-state index in [1.165, 1.54) is 11.1 Å². The zero-order valence-corrected chi connectivity index (χ0v) is 11.3. The zero-order valence-electron chi connectivity index (χ0n) is 11.3. The summed E-state index contributed by atoms with van der Waals surface area (Å²) in [5.74, 6) is 1.09. The zero-order chi connectivity index (χ0) is 12.6. The standard InChI is InChI=1S/C15H24N2O/c1-2-16-9-10-17-8-7-13-5-6-15-14(12-13)4-3-11-18-15/h5-6,12,16-17H,2-4,7-11H2,1H3. The van der Waals surface area contributed by atoms with E-state index in [0.29, 0.717) is 0 Å². The van der Waals surface area contributed by atoms with Gasteiger partial charge in [-0.1, -0.05) is 19.1 Å². The first-order valence-electron chi connectivity index (χ1n) is 7.06. The van der Waals surface area contributed by atoms with Gasteiger partial charge in [-0.3, -0.25) is 0 Å². The van der Waals surface area contributed by atoms with E-state index in [9.17, 15) is 0 Å². The molecule has 1 heterocycles. The average molecular weight is 248 g/mol. The van der Waals surface area contributed by atoms with Gasteiger partial charge >= 0.3 is 0 Å². The molecule has 0 fully saturated rings. The number of ether oxygens (including phenoxy) is 1. The number of likely N-dealkylation sites (N-methyl/N-ethyl adjacent to an activating group) is 1. The van der Waals surface area contributed by atoms with Gasteiger partial charge in [0.1, 0.15) is 5.75 Å². The molecular weight excluding hydrogens is 224 g/mol. The Hall–Kier alpha value is -1.06. The molecule has 2 rings (SSSR count). The minimum Gasteiger partial charge on any atom is -0.493 e. The van der Waals surface area contributed by atoms with Crippen molar-refractivity contribution in [3.05, 3.63) is 29.3 Å². The predicted octanol–water partition coefficient (Wildman–Crippen LogP) is 1.75. The van der Waals surface area contributed by atoms with Gasteiger partial charge in [0.15, 0.2) is 0 Å². The van der Waals surface area contributed by atoms with Crippen LogP contribution in [0.2, 0.25) is 0 Å². The van der Waals surface area contributed by atoms with Crippen LogP contribution in [-0.2, 0) is 12.8 Å². The SMILES string of the molecule is CCNCCNCCc1ccc2c(c1)CCCO2. The first-order valence-corrected chi connectivity index (χ1v) is 7.06. The molecule has 0 radical (unpaired) electrons. The van der Waals surface area contributed by atoms with Crippen LogP contribution in [0, 0.1) is 0 Å². The lowest BCUT2D eigenvalue weighted by molar-refractivity contribution is 0.288. The second-order valence-electron chi connectivity index (χ2n) is 4.75. The number of hydrogen-bond acceptors (Lipinski definition) is 3. The first-order chi connectivity index (χ1) is 8.90. The molecule has 3 heteroatoms. The lowest BCUT2D eigenvalue weighted by Crippen LogP contribution is -2.28. The van der Waals surface area contributed by atoms with Crippen LogP contribution in [0.3, 0.4) is 0 Å². The minimum absolute atomic E-state index is 0.873. The number of aryl methyl sites for hydroxylation is 1. The number of rotatable bonds is 7. The number of benzene rings is 1. The topological polar surface area (TPSA) is 33.3 Å². The van der Waals surface area contributed by atoms with Gasteiger partial charge in [-0.2, -0.15) is 0 Å². The van der Waals surface area contributed by atoms with Gasteiger partial charge in [-0.05, 0) is 49.5 Å². The smallest absolute Gasteiger partial charge is 0.122 e. The van der Waals surface area contributed by atoms with E-state index in [-0.39, 0.29) is 0 Å². The third-order valence-corrected chi connectivity index (χ3v) is 3.29. The monoisotopic (exact) mass is 248 g/mol. The van der Waals surface area contributed by atoms with Crippen molar-refractivity contribution in [2.24, 2.45) is 0 Å². The summed E-state index contributed by atoms with van der Waals surface area (Å²) < 4.78 is 5.62. The van der Waals surface area contributed by atoms with Crippen molar-refractivity contribution < 1.29 is 4.74 Å². The third kappa shape index (κ3) is 4.00. The first kappa shape index (κ1) is 13.4. The van der Waals surface area contributed by atoms with E-state index in [2.05, 4.69) is 35.8 Å². The van der Waals surface area contributed by atoms with Crippen molar-refractivity contribution >= 4 is 0 Å². The highest BCUT2D eigenvalue weighted by Gasteiger charge is 2.09. The fraction of sp³-hybridized carbons (Fsp3) is 0.600. The summed E-state index contributed by atoms with van der Waals surface area (Å²) >= 11 is 0. The fourth-order valence-corrected chi connectivity index (χ4v) is 2.28. The van der Waals surface area contributed by atoms with Gasteiger partial charge < -0.3 is 15.4 Å². The molecule has 0 bridgehead atoms. The number of fused-ring (bicyclic) bond motifs is 1. The largest absolute Gasteiger partial charge is 0.493 e. The van der Waals surface area contributed by atoms with Crippen molar-refractivity contribution in [1.29, 1.82) is 0 Å². The van der Waals surface area contributed by atoms with E-state index in [1.807, 2.05) is 0 Å². The molecule has 0 atom stereocenters. The minimum atomic E-state index is 0.873. The molecular formula is C15H24N2O.